The number of aromatic nitrogens is 19. The van der Waals surface area contributed by atoms with Crippen LogP contribution in [0.5, 0.6) is 0 Å². The number of hydrogen-bond acceptors (Lipinski definition) is 33. The molecule has 48 heteroatoms. The molecule has 6 fully saturated rings. The normalized spacial score (nSPS) is 28.2. The Morgan fingerprint density at radius 2 is 0.645 bits per heavy atom. The van der Waals surface area contributed by atoms with Crippen LogP contribution in [0.25, 0.3) is 67.0 Å². The molecule has 0 bridgehead atoms. The van der Waals surface area contributed by atoms with Crippen LogP contribution in [0.3, 0.4) is 0 Å². The van der Waals surface area contributed by atoms with Gasteiger partial charge in [-0.2, -0.15) is 0 Å². The fourth-order valence-corrected chi connectivity index (χ4v) is 25.2. The van der Waals surface area contributed by atoms with Crippen molar-refractivity contribution in [3.63, 3.8) is 0 Å². The second kappa shape index (κ2) is 45.9. The van der Waals surface area contributed by atoms with Gasteiger partial charge in [-0.3, -0.25) is 27.4 Å². The number of hydrogen-bond donors (Lipinski definition) is 13. The van der Waals surface area contributed by atoms with Crippen LogP contribution in [-0.4, -0.2) is 389 Å². The third-order valence-electron chi connectivity index (χ3n) is 25.5. The first-order chi connectivity index (χ1) is 66.1. The molecule has 18 rings (SSSR count). The third kappa shape index (κ3) is 26.7. The van der Waals surface area contributed by atoms with Crippen LogP contribution in [0.2, 0.25) is 0 Å². The molecular formula is C93H142BrClIN25O14P6. The number of nitrogen functional groups attached to an aromatic ring is 6. The van der Waals surface area contributed by atoms with E-state index in [9.17, 15) is 35.7 Å². The van der Waals surface area contributed by atoms with Crippen LogP contribution in [0, 0.1) is 5.92 Å². The van der Waals surface area contributed by atoms with Gasteiger partial charge in [-0.15, -0.1) is 90.7 Å². The Hall–Kier alpha value is -6.81. The van der Waals surface area contributed by atoms with E-state index >= 15 is 0 Å². The monoisotopic (exact) mass is 2260 g/mol. The molecule has 0 unspecified atom stereocenters. The second-order valence-corrected chi connectivity index (χ2v) is 70.1. The molecule has 0 spiro atoms. The van der Waals surface area contributed by atoms with Crippen LogP contribution >= 0.6 is 91.4 Å². The van der Waals surface area contributed by atoms with E-state index in [0.717, 1.165) is 69.1 Å². The summed E-state index contributed by atoms with van der Waals surface area (Å²) in [4.78, 5) is 56.0. The van der Waals surface area contributed by atoms with Crippen molar-refractivity contribution in [2.24, 2.45) is 5.92 Å². The van der Waals surface area contributed by atoms with E-state index in [0.29, 0.717) is 120 Å². The number of nitrogens with two attached hydrogens (primary N) is 6. The van der Waals surface area contributed by atoms with Gasteiger partial charge >= 0.3 is 0 Å². The molecule has 6 aliphatic heterocycles. The first-order valence-corrected chi connectivity index (χ1v) is 67.6. The average Bonchev–Trinajstić information content (AvgIpc) is 1.63. The number of pyridine rings is 5. The standard InChI is InChI=1S/C16H26N5O3P.C16H25N4O3P.C16H25N4O2P.C15H22BrN4O2P.C15H22ClN4O2P.C15H22IN4O2P/c1-5-10-19-14(17)11-15(20-10)21(8-18-11)16-13(23)12(22)9(24-16)6-7-25(2,3)4;1-22-14-13(21)11(6-8-24(2,3)4)23-16(14)20-9-19-12-10(17)5-7-18-15(12)20;1-10-14(21)12(6-8-23(2,3)4)22-16(10)20-9-19-13-11(17)5-7-18-15(13)20;3*1-23(2,3)7-5-10-13(21)11(16)15(22-10)20-8-19-12-9(17)4-6-18-14(12)20/h8-9,12-13,16,22-23H,2,5-7H2,1,3-4H3,(H2,17,19,20);5,7,9,11,13-14,16,21H,2,6,8H2,1,3-4H3,(H2,17,18);5,7,9-10,12,14,16,21H,2,6,8H2,1,3-4H3,(H2,17,18);3*4,6,8,10-11,13,15,21H,1,5,7H2,2-3H3,(H2,17,18)/t9-,12-,13-,16-;11-,13-,14-,16-;10-,12-,14+,16-;3*10-,11-,13-,15-/m111111/s1. The fraction of sp³-hybridized carbons (Fsp3) is 0.559. The van der Waals surface area contributed by atoms with Crippen molar-refractivity contribution >= 4 is 230 Å². The zero-order chi connectivity index (χ0) is 103. The van der Waals surface area contributed by atoms with Gasteiger partial charge in [0.05, 0.1) is 130 Å². The molecule has 0 aliphatic carbocycles. The summed E-state index contributed by atoms with van der Waals surface area (Å²) in [6, 6.07) is 8.59. The zero-order valence-corrected chi connectivity index (χ0v) is 92.7. The van der Waals surface area contributed by atoms with Crippen molar-refractivity contribution in [1.82, 2.24) is 92.2 Å². The van der Waals surface area contributed by atoms with Gasteiger partial charge in [0.25, 0.3) is 0 Å². The van der Waals surface area contributed by atoms with E-state index in [1.807, 2.05) is 27.5 Å². The van der Waals surface area contributed by atoms with Gasteiger partial charge in [-0.05, 0) is 186 Å². The molecule has 39 nitrogen and oxygen atoms in total. The molecule has 6 saturated heterocycles. The van der Waals surface area contributed by atoms with Crippen molar-refractivity contribution in [2.45, 2.75) is 196 Å². The molecular weight excluding hydrogens is 2120 g/mol. The number of nitrogens with zero attached hydrogens (tertiary/aromatic N) is 19. The number of ether oxygens (including phenoxy) is 7. The maximum atomic E-state index is 10.6. The SMILES string of the molecule is C=P(C)(C)CC[C@H]1O[C@@H](n2cnc3c(N)ccnc32)[C@H](Br)[C@@H]1O.C=P(C)(C)CC[C@H]1O[C@@H](n2cnc3c(N)ccnc32)[C@H](C)[C@@H]1O.C=P(C)(C)CC[C@H]1O[C@@H](n2cnc3c(N)ccnc32)[C@H](Cl)[C@@H]1O.C=P(C)(C)CC[C@H]1O[C@@H](n2cnc3c(N)ccnc32)[C@H](I)[C@@H]1O.C=P(C)(C)CC[C@H]1O[C@@H](n2cnc3c(N)ccnc32)[C@H](OC)[C@@H]1O.C=P(C)(C)CC[C@H]1O[C@@H](n2cnc3c(N)nc(CC)nc32)[C@H](O)[C@@H]1O. The number of aryl methyl sites for hydroxylation is 1. The summed E-state index contributed by atoms with van der Waals surface area (Å²) in [5.41, 5.74) is 46.0. The van der Waals surface area contributed by atoms with E-state index in [1.54, 1.807) is 114 Å². The highest BCUT2D eigenvalue weighted by Crippen LogP contribution is 2.50. The molecule has 0 saturated carbocycles. The number of halogens is 3. The number of aliphatic hydroxyl groups excluding tert-OH is 7. The average molecular weight is 2260 g/mol. The van der Waals surface area contributed by atoms with Gasteiger partial charge in [-0.25, -0.2) is 64.8 Å². The highest BCUT2D eigenvalue weighted by molar-refractivity contribution is 14.1. The molecule has 774 valence electrons. The summed E-state index contributed by atoms with van der Waals surface area (Å²) in [7, 11) is 1.58. The predicted molar refractivity (Wildman–Crippen MR) is 597 cm³/mol. The molecule has 0 aromatic carbocycles. The summed E-state index contributed by atoms with van der Waals surface area (Å²) in [6.07, 6.45) is 44.5. The summed E-state index contributed by atoms with van der Waals surface area (Å²) in [5, 5.41) is 72.9. The Bertz CT molecular complexity index is 6130. The summed E-state index contributed by atoms with van der Waals surface area (Å²) < 4.78 is 52.7. The van der Waals surface area contributed by atoms with Gasteiger partial charge in [0, 0.05) is 50.4 Å². The van der Waals surface area contributed by atoms with E-state index in [1.165, 1.54) is 6.33 Å². The lowest BCUT2D eigenvalue weighted by molar-refractivity contribution is -0.0496. The molecule has 19 N–H and O–H groups in total. The minimum Gasteiger partial charge on any atom is -0.397 e. The third-order valence-corrected chi connectivity index (χ3v) is 37.1. The zero-order valence-electron chi connectivity index (χ0n) is 82.8. The lowest BCUT2D eigenvalue weighted by Crippen LogP contribution is -2.33. The molecule has 6 aliphatic rings. The molecule has 18 heterocycles. The van der Waals surface area contributed by atoms with Gasteiger partial charge in [0.2, 0.25) is 0 Å². The molecule has 12 aromatic heterocycles. The number of imidazole rings is 6. The minimum atomic E-state index is -1.23. The quantitative estimate of drug-likeness (QED) is 0.0136. The number of methoxy groups -OCH3 is 1. The number of alkyl halides is 3. The Morgan fingerprint density at radius 3 is 1.02 bits per heavy atom. The highest BCUT2D eigenvalue weighted by Gasteiger charge is 2.50. The van der Waals surface area contributed by atoms with Crippen LogP contribution < -0.4 is 34.4 Å². The van der Waals surface area contributed by atoms with Gasteiger partial charge < -0.3 is 103 Å². The highest BCUT2D eigenvalue weighted by atomic mass is 127. The molecule has 12 aromatic rings. The lowest BCUT2D eigenvalue weighted by Gasteiger charge is -2.20. The molecule has 0 radical (unpaired) electrons. The summed E-state index contributed by atoms with van der Waals surface area (Å²) in [5.74, 6) is 0.862. The largest absolute Gasteiger partial charge is 0.397 e. The van der Waals surface area contributed by atoms with Crippen LogP contribution in [0.1, 0.15) is 95.6 Å². The van der Waals surface area contributed by atoms with Gasteiger partial charge in [0.1, 0.15) is 81.0 Å². The Morgan fingerprint density at radius 1 is 0.362 bits per heavy atom. The van der Waals surface area contributed by atoms with Crippen molar-refractivity contribution < 1.29 is 68.9 Å². The number of aliphatic hydroxyl groups is 7. The van der Waals surface area contributed by atoms with Crippen molar-refractivity contribution in [2.75, 3.05) is 158 Å². The Kier molecular flexibility index (Phi) is 36.3. The predicted octanol–water partition coefficient (Wildman–Crippen LogP) is 10.4. The maximum Gasteiger partial charge on any atom is 0.167 e. The topological polar surface area (TPSA) is 559 Å². The minimum absolute atomic E-state index is 0.0353. The smallest absolute Gasteiger partial charge is 0.167 e. The van der Waals surface area contributed by atoms with Crippen LogP contribution in [-0.2, 0) is 39.6 Å². The van der Waals surface area contributed by atoms with Crippen molar-refractivity contribution in [3.05, 3.63) is 105 Å². The molecule has 0 amide bonds. The van der Waals surface area contributed by atoms with E-state index in [2.05, 4.69) is 221 Å². The Balaban J connectivity index is 0.000000142. The fourth-order valence-electron chi connectivity index (χ4n) is 17.5. The number of rotatable bonds is 26. The first kappa shape index (κ1) is 111. The Labute approximate surface area is 850 Å². The van der Waals surface area contributed by atoms with Crippen LogP contribution in [0.4, 0.5) is 34.3 Å². The van der Waals surface area contributed by atoms with E-state index < -0.39 is 120 Å². The van der Waals surface area contributed by atoms with Crippen molar-refractivity contribution in [1.29, 1.82) is 0 Å². The van der Waals surface area contributed by atoms with E-state index in [-0.39, 0.29) is 63.9 Å². The van der Waals surface area contributed by atoms with E-state index in [4.69, 9.17) is 79.2 Å². The summed E-state index contributed by atoms with van der Waals surface area (Å²) >= 11 is 12.2. The summed E-state index contributed by atoms with van der Waals surface area (Å²) in [6.45, 7) is 23.1. The maximum absolute atomic E-state index is 10.6. The first-order valence-electron chi connectivity index (χ1n) is 46.7. The van der Waals surface area contributed by atoms with Gasteiger partial charge in [0.15, 0.2) is 70.8 Å². The number of anilines is 6. The van der Waals surface area contributed by atoms with Crippen LogP contribution in [0.15, 0.2) is 99.3 Å². The lowest BCUT2D eigenvalue weighted by atomic mass is 10.0. The van der Waals surface area contributed by atoms with Crippen molar-refractivity contribution in [3.8, 4) is 0 Å². The molecule has 24 atom stereocenters. The molecule has 141 heavy (non-hydrogen) atoms. The van der Waals surface area contributed by atoms with Gasteiger partial charge in [-0.1, -0.05) is 52.4 Å². The number of fused-ring (bicyclic) bond motifs is 6. The second-order valence-electron chi connectivity index (χ2n) is 41.2.